The molecule has 0 amide bonds. The number of halogens is 3. The molecule has 33 heavy (non-hydrogen) atoms. The third-order valence-electron chi connectivity index (χ3n) is 6.08. The molecular weight excluding hydrogens is 515 g/mol. The van der Waals surface area contributed by atoms with Crippen LogP contribution in [0.2, 0.25) is 15.1 Å². The number of benzene rings is 2. The molecular formula is C25H21Cl3N2OS2. The predicted octanol–water partition coefficient (Wildman–Crippen LogP) is 8.13. The lowest BCUT2D eigenvalue weighted by Crippen LogP contribution is -2.22. The number of aryl methyl sites for hydroxylation is 2. The second-order valence-electron chi connectivity index (χ2n) is 8.52. The third kappa shape index (κ3) is 4.46. The predicted molar refractivity (Wildman–Crippen MR) is 142 cm³/mol. The molecule has 0 spiro atoms. The molecule has 1 aliphatic rings. The maximum atomic E-state index is 13.9. The summed E-state index contributed by atoms with van der Waals surface area (Å²) in [5.41, 5.74) is 3.77. The van der Waals surface area contributed by atoms with Crippen LogP contribution in [0, 0.1) is 12.8 Å². The zero-order valence-corrected chi connectivity index (χ0v) is 22.0. The molecule has 3 nitrogen and oxygen atoms in total. The molecule has 0 N–H and O–H groups in total. The summed E-state index contributed by atoms with van der Waals surface area (Å²) in [6.45, 7) is 4.22. The van der Waals surface area contributed by atoms with E-state index in [9.17, 15) is 4.79 Å². The normalized spacial score (nSPS) is 15.7. The topological polar surface area (TPSA) is 34.9 Å². The number of thioether (sulfide) groups is 1. The van der Waals surface area contributed by atoms with Crippen molar-refractivity contribution < 1.29 is 0 Å². The molecule has 0 saturated carbocycles. The molecule has 2 aromatic heterocycles. The van der Waals surface area contributed by atoms with Gasteiger partial charge in [-0.1, -0.05) is 65.6 Å². The van der Waals surface area contributed by atoms with Crippen molar-refractivity contribution in [2.45, 2.75) is 44.0 Å². The van der Waals surface area contributed by atoms with E-state index in [1.807, 2.05) is 37.3 Å². The number of hydrogen-bond donors (Lipinski definition) is 0. The van der Waals surface area contributed by atoms with Gasteiger partial charge in [0.25, 0.3) is 5.56 Å². The fraction of sp³-hybridized carbons (Fsp3) is 0.280. The molecule has 2 heterocycles. The van der Waals surface area contributed by atoms with Crippen molar-refractivity contribution >= 4 is 68.1 Å². The summed E-state index contributed by atoms with van der Waals surface area (Å²) >= 11 is 22.0. The van der Waals surface area contributed by atoms with Gasteiger partial charge in [-0.2, -0.15) is 0 Å². The van der Waals surface area contributed by atoms with Gasteiger partial charge in [-0.15, -0.1) is 11.3 Å². The minimum absolute atomic E-state index is 0.0309. The zero-order valence-electron chi connectivity index (χ0n) is 18.1. The van der Waals surface area contributed by atoms with Crippen molar-refractivity contribution in [3.8, 4) is 5.69 Å². The maximum Gasteiger partial charge on any atom is 0.267 e. The first-order valence-corrected chi connectivity index (χ1v) is 13.7. The molecule has 1 aliphatic carbocycles. The molecule has 4 aromatic rings. The summed E-state index contributed by atoms with van der Waals surface area (Å²) in [7, 11) is 0. The van der Waals surface area contributed by atoms with E-state index in [1.165, 1.54) is 22.2 Å². The van der Waals surface area contributed by atoms with Gasteiger partial charge in [0, 0.05) is 25.7 Å². The Morgan fingerprint density at radius 1 is 1.15 bits per heavy atom. The van der Waals surface area contributed by atoms with Crippen LogP contribution in [0.4, 0.5) is 0 Å². The SMILES string of the molecule is Cc1ccc(-n2c(SCc3ccc(Cl)cc3Cl)nc3sc4c(c3c2=O)CCC(C)C4)cc1Cl. The van der Waals surface area contributed by atoms with Crippen molar-refractivity contribution in [1.82, 2.24) is 9.55 Å². The quantitative estimate of drug-likeness (QED) is 0.195. The highest BCUT2D eigenvalue weighted by atomic mass is 35.5. The minimum atomic E-state index is -0.0309. The third-order valence-corrected chi connectivity index (χ3v) is 9.21. The Balaban J connectivity index is 1.67. The van der Waals surface area contributed by atoms with Crippen molar-refractivity contribution in [1.29, 1.82) is 0 Å². The van der Waals surface area contributed by atoms with Gasteiger partial charge in [-0.25, -0.2) is 4.98 Å². The smallest absolute Gasteiger partial charge is 0.267 e. The van der Waals surface area contributed by atoms with Crippen LogP contribution in [0.1, 0.15) is 34.9 Å². The summed E-state index contributed by atoms with van der Waals surface area (Å²) < 4.78 is 1.70. The van der Waals surface area contributed by atoms with Gasteiger partial charge >= 0.3 is 0 Å². The van der Waals surface area contributed by atoms with Gasteiger partial charge in [-0.05, 0) is 73.1 Å². The molecule has 0 bridgehead atoms. The molecule has 0 aliphatic heterocycles. The Hall–Kier alpha value is -1.50. The molecule has 0 fully saturated rings. The van der Waals surface area contributed by atoms with E-state index in [0.717, 1.165) is 46.3 Å². The number of nitrogens with zero attached hydrogens (tertiary/aromatic N) is 2. The van der Waals surface area contributed by atoms with Crippen LogP contribution in [0.5, 0.6) is 0 Å². The van der Waals surface area contributed by atoms with Crippen LogP contribution in [0.3, 0.4) is 0 Å². The van der Waals surface area contributed by atoms with E-state index < -0.39 is 0 Å². The highest BCUT2D eigenvalue weighted by molar-refractivity contribution is 7.98. The molecule has 2 aromatic carbocycles. The molecule has 1 unspecified atom stereocenters. The van der Waals surface area contributed by atoms with Crippen LogP contribution in [0.15, 0.2) is 46.3 Å². The van der Waals surface area contributed by atoms with Crippen molar-refractivity contribution in [2.24, 2.45) is 5.92 Å². The molecule has 8 heteroatoms. The Bertz CT molecular complexity index is 1440. The number of thiophene rings is 1. The number of rotatable bonds is 4. The molecule has 0 radical (unpaired) electrons. The Morgan fingerprint density at radius 2 is 1.97 bits per heavy atom. The molecule has 170 valence electrons. The minimum Gasteiger partial charge on any atom is -0.268 e. The van der Waals surface area contributed by atoms with E-state index in [-0.39, 0.29) is 5.56 Å². The average Bonchev–Trinajstić information content (AvgIpc) is 3.13. The fourth-order valence-corrected chi connectivity index (χ4v) is 7.37. The highest BCUT2D eigenvalue weighted by Crippen LogP contribution is 2.38. The van der Waals surface area contributed by atoms with Gasteiger partial charge < -0.3 is 0 Å². The Labute approximate surface area is 215 Å². The summed E-state index contributed by atoms with van der Waals surface area (Å²) in [4.78, 5) is 21.0. The molecule has 0 saturated heterocycles. The van der Waals surface area contributed by atoms with Crippen molar-refractivity contribution in [2.75, 3.05) is 0 Å². The largest absolute Gasteiger partial charge is 0.268 e. The number of aromatic nitrogens is 2. The number of fused-ring (bicyclic) bond motifs is 3. The average molecular weight is 536 g/mol. The second-order valence-corrected chi connectivity index (χ2v) is 11.8. The van der Waals surface area contributed by atoms with Crippen molar-refractivity contribution in [3.05, 3.63) is 83.4 Å². The monoisotopic (exact) mass is 534 g/mol. The van der Waals surface area contributed by atoms with Crippen LogP contribution >= 0.6 is 57.9 Å². The van der Waals surface area contributed by atoms with E-state index in [2.05, 4.69) is 6.92 Å². The summed E-state index contributed by atoms with van der Waals surface area (Å²) in [6.07, 6.45) is 3.03. The maximum absolute atomic E-state index is 13.9. The van der Waals surface area contributed by atoms with Gasteiger partial charge in [0.2, 0.25) is 0 Å². The van der Waals surface area contributed by atoms with E-state index in [4.69, 9.17) is 39.8 Å². The van der Waals surface area contributed by atoms with E-state index >= 15 is 0 Å². The van der Waals surface area contributed by atoms with Gasteiger partial charge in [0.05, 0.1) is 11.1 Å². The fourth-order valence-electron chi connectivity index (χ4n) is 4.20. The van der Waals surface area contributed by atoms with Crippen LogP contribution in [-0.2, 0) is 18.6 Å². The van der Waals surface area contributed by atoms with E-state index in [0.29, 0.717) is 31.9 Å². The highest BCUT2D eigenvalue weighted by Gasteiger charge is 2.25. The van der Waals surface area contributed by atoms with Gasteiger partial charge in [0.15, 0.2) is 5.16 Å². The second kappa shape index (κ2) is 9.27. The lowest BCUT2D eigenvalue weighted by molar-refractivity contribution is 0.509. The standard InChI is InChI=1S/C25H21Cl3N2OS2/c1-13-3-8-18-21(9-13)33-23-22(18)24(31)30(17-7-4-14(2)19(27)11-17)25(29-23)32-12-15-5-6-16(26)10-20(15)28/h4-7,10-11,13H,3,8-9,12H2,1-2H3. The summed E-state index contributed by atoms with van der Waals surface area (Å²) in [5.74, 6) is 1.19. The molecule has 1 atom stereocenters. The van der Waals surface area contributed by atoms with Gasteiger partial charge in [0.1, 0.15) is 4.83 Å². The summed E-state index contributed by atoms with van der Waals surface area (Å²) in [5, 5.41) is 3.21. The number of hydrogen-bond acceptors (Lipinski definition) is 4. The van der Waals surface area contributed by atoms with Crippen LogP contribution in [-0.4, -0.2) is 9.55 Å². The zero-order chi connectivity index (χ0) is 23.3. The molecule has 5 rings (SSSR count). The summed E-state index contributed by atoms with van der Waals surface area (Å²) in [6, 6.07) is 11.2. The lowest BCUT2D eigenvalue weighted by atomic mass is 9.89. The Kier molecular flexibility index (Phi) is 6.53. The Morgan fingerprint density at radius 3 is 2.73 bits per heavy atom. The van der Waals surface area contributed by atoms with Gasteiger partial charge in [-0.3, -0.25) is 9.36 Å². The first kappa shape index (κ1) is 23.3. The van der Waals surface area contributed by atoms with Crippen LogP contribution in [0.25, 0.3) is 15.9 Å². The van der Waals surface area contributed by atoms with Crippen LogP contribution < -0.4 is 5.56 Å². The lowest BCUT2D eigenvalue weighted by Gasteiger charge is -2.18. The first-order chi connectivity index (χ1) is 15.8. The van der Waals surface area contributed by atoms with Crippen molar-refractivity contribution in [3.63, 3.8) is 0 Å². The first-order valence-electron chi connectivity index (χ1n) is 10.7. The van der Waals surface area contributed by atoms with E-state index in [1.54, 1.807) is 22.0 Å².